The van der Waals surface area contributed by atoms with Crippen LogP contribution < -0.4 is 5.48 Å². The van der Waals surface area contributed by atoms with Crippen LogP contribution in [0.1, 0.15) is 37.5 Å². The summed E-state index contributed by atoms with van der Waals surface area (Å²) in [6, 6.07) is 15.5. The highest BCUT2D eigenvalue weighted by atomic mass is 16.6. The summed E-state index contributed by atoms with van der Waals surface area (Å²) in [5.74, 6) is -0.913. The van der Waals surface area contributed by atoms with Gasteiger partial charge in [0.15, 0.2) is 0 Å². The maximum absolute atomic E-state index is 12.2. The van der Waals surface area contributed by atoms with Crippen LogP contribution in [0.25, 0.3) is 0 Å². The van der Waals surface area contributed by atoms with Crippen molar-refractivity contribution >= 4 is 17.7 Å². The van der Waals surface area contributed by atoms with Crippen molar-refractivity contribution in [3.63, 3.8) is 0 Å². The number of carbonyl (C=O) groups excluding carboxylic acids is 3. The van der Waals surface area contributed by atoms with E-state index in [1.54, 1.807) is 48.5 Å². The van der Waals surface area contributed by atoms with Crippen LogP contribution in [0.4, 0.5) is 0 Å². The molecule has 0 aliphatic carbocycles. The first-order chi connectivity index (χ1) is 11.7. The highest BCUT2D eigenvalue weighted by Crippen LogP contribution is 2.22. The van der Waals surface area contributed by atoms with Crippen molar-refractivity contribution in [3.05, 3.63) is 71.3 Å². The van der Waals surface area contributed by atoms with Crippen molar-refractivity contribution in [1.82, 2.24) is 10.4 Å². The van der Waals surface area contributed by atoms with Crippen LogP contribution in [0.5, 0.6) is 0 Å². The summed E-state index contributed by atoms with van der Waals surface area (Å²) in [6.45, 7) is 0.444. The second kappa shape index (κ2) is 7.06. The predicted molar refractivity (Wildman–Crippen MR) is 86.3 cm³/mol. The number of amides is 3. The fourth-order valence-corrected chi connectivity index (χ4v) is 2.50. The van der Waals surface area contributed by atoms with E-state index in [9.17, 15) is 14.4 Å². The molecule has 2 aromatic rings. The van der Waals surface area contributed by atoms with Gasteiger partial charge in [0.05, 0.1) is 17.7 Å². The SMILES string of the molecule is O=C(NOCCCN1C(=O)c2ccccc2C1=O)c1ccccc1. The monoisotopic (exact) mass is 324 g/mol. The normalized spacial score (nSPS) is 13.1. The molecule has 122 valence electrons. The zero-order valence-corrected chi connectivity index (χ0v) is 12.9. The van der Waals surface area contributed by atoms with E-state index in [-0.39, 0.29) is 30.9 Å². The minimum absolute atomic E-state index is 0.200. The Bertz CT molecular complexity index is 739. The van der Waals surface area contributed by atoms with Crippen LogP contribution in [0.3, 0.4) is 0 Å². The Balaban J connectivity index is 1.44. The molecule has 1 heterocycles. The van der Waals surface area contributed by atoms with E-state index in [0.717, 1.165) is 0 Å². The molecule has 0 unspecified atom stereocenters. The fraction of sp³-hybridized carbons (Fsp3) is 0.167. The summed E-state index contributed by atoms with van der Waals surface area (Å²) in [6.07, 6.45) is 0.431. The number of imide groups is 1. The fourth-order valence-electron chi connectivity index (χ4n) is 2.50. The number of rotatable bonds is 6. The highest BCUT2D eigenvalue weighted by Gasteiger charge is 2.34. The molecule has 3 rings (SSSR count). The molecule has 0 aromatic heterocycles. The lowest BCUT2D eigenvalue weighted by Crippen LogP contribution is -2.32. The van der Waals surface area contributed by atoms with Gasteiger partial charge in [0, 0.05) is 12.1 Å². The van der Waals surface area contributed by atoms with Gasteiger partial charge in [-0.15, -0.1) is 0 Å². The first-order valence-electron chi connectivity index (χ1n) is 7.61. The molecule has 1 aliphatic rings. The number of benzene rings is 2. The number of nitrogens with zero attached hydrogens (tertiary/aromatic N) is 1. The molecular formula is C18H16N2O4. The van der Waals surface area contributed by atoms with E-state index in [4.69, 9.17) is 4.84 Å². The van der Waals surface area contributed by atoms with E-state index < -0.39 is 0 Å². The Labute approximate surface area is 139 Å². The second-order valence-corrected chi connectivity index (χ2v) is 5.31. The number of carbonyl (C=O) groups is 3. The molecule has 6 heteroatoms. The van der Waals surface area contributed by atoms with Crippen molar-refractivity contribution in [3.8, 4) is 0 Å². The van der Waals surface area contributed by atoms with E-state index in [1.165, 1.54) is 4.90 Å². The maximum atomic E-state index is 12.2. The van der Waals surface area contributed by atoms with E-state index in [0.29, 0.717) is 23.1 Å². The van der Waals surface area contributed by atoms with Crippen molar-refractivity contribution in [2.24, 2.45) is 0 Å². The quantitative estimate of drug-likeness (QED) is 0.501. The van der Waals surface area contributed by atoms with Gasteiger partial charge in [-0.2, -0.15) is 0 Å². The van der Waals surface area contributed by atoms with Gasteiger partial charge in [0.25, 0.3) is 17.7 Å². The van der Waals surface area contributed by atoms with Crippen LogP contribution >= 0.6 is 0 Å². The summed E-state index contributed by atoms with van der Waals surface area (Å²) in [5.41, 5.74) is 3.70. The summed E-state index contributed by atoms with van der Waals surface area (Å²) in [7, 11) is 0. The first kappa shape index (κ1) is 15.9. The Hall–Kier alpha value is -2.99. The molecule has 0 saturated heterocycles. The summed E-state index contributed by atoms with van der Waals surface area (Å²) in [5, 5.41) is 0. The third-order valence-corrected chi connectivity index (χ3v) is 3.71. The van der Waals surface area contributed by atoms with E-state index >= 15 is 0 Å². The van der Waals surface area contributed by atoms with Gasteiger partial charge >= 0.3 is 0 Å². The van der Waals surface area contributed by atoms with Crippen molar-refractivity contribution in [1.29, 1.82) is 0 Å². The van der Waals surface area contributed by atoms with Crippen LogP contribution in [0.15, 0.2) is 54.6 Å². The zero-order chi connectivity index (χ0) is 16.9. The van der Waals surface area contributed by atoms with Gasteiger partial charge in [0.2, 0.25) is 0 Å². The number of fused-ring (bicyclic) bond motifs is 1. The van der Waals surface area contributed by atoms with Gasteiger partial charge in [-0.05, 0) is 30.7 Å². The summed E-state index contributed by atoms with van der Waals surface area (Å²) < 4.78 is 0. The summed E-state index contributed by atoms with van der Waals surface area (Å²) in [4.78, 5) is 42.4. The average molecular weight is 324 g/mol. The molecular weight excluding hydrogens is 308 g/mol. The molecule has 1 aliphatic heterocycles. The van der Waals surface area contributed by atoms with Gasteiger partial charge in [0.1, 0.15) is 0 Å². The van der Waals surface area contributed by atoms with E-state index in [2.05, 4.69) is 5.48 Å². The van der Waals surface area contributed by atoms with Crippen LogP contribution in [-0.2, 0) is 4.84 Å². The van der Waals surface area contributed by atoms with E-state index in [1.807, 2.05) is 6.07 Å². The molecule has 2 aromatic carbocycles. The molecule has 0 bridgehead atoms. The number of hydrogen-bond donors (Lipinski definition) is 1. The molecule has 0 atom stereocenters. The smallest absolute Gasteiger partial charge is 0.274 e. The Morgan fingerprint density at radius 1 is 0.917 bits per heavy atom. The predicted octanol–water partition coefficient (Wildman–Crippen LogP) is 2.03. The minimum atomic E-state index is -0.337. The van der Waals surface area contributed by atoms with Gasteiger partial charge in [-0.1, -0.05) is 30.3 Å². The molecule has 0 fully saturated rings. The van der Waals surface area contributed by atoms with Gasteiger partial charge < -0.3 is 0 Å². The minimum Gasteiger partial charge on any atom is -0.274 e. The highest BCUT2D eigenvalue weighted by molar-refractivity contribution is 6.21. The molecule has 1 N–H and O–H groups in total. The first-order valence-corrected chi connectivity index (χ1v) is 7.61. The molecule has 0 spiro atoms. The van der Waals surface area contributed by atoms with Gasteiger partial charge in [-0.3, -0.25) is 24.1 Å². The lowest BCUT2D eigenvalue weighted by Gasteiger charge is -2.13. The lowest BCUT2D eigenvalue weighted by molar-refractivity contribution is 0.0272. The molecule has 0 saturated carbocycles. The van der Waals surface area contributed by atoms with Crippen molar-refractivity contribution in [2.45, 2.75) is 6.42 Å². The van der Waals surface area contributed by atoms with Gasteiger partial charge in [-0.25, -0.2) is 5.48 Å². The average Bonchev–Trinajstić information content (AvgIpc) is 2.87. The lowest BCUT2D eigenvalue weighted by atomic mass is 10.1. The maximum Gasteiger partial charge on any atom is 0.274 e. The second-order valence-electron chi connectivity index (χ2n) is 5.31. The third-order valence-electron chi connectivity index (χ3n) is 3.71. The molecule has 3 amide bonds. The Kier molecular flexibility index (Phi) is 4.67. The van der Waals surface area contributed by atoms with Crippen molar-refractivity contribution in [2.75, 3.05) is 13.2 Å². The Morgan fingerprint density at radius 3 is 2.12 bits per heavy atom. The number of hydroxylamine groups is 1. The zero-order valence-electron chi connectivity index (χ0n) is 12.9. The van der Waals surface area contributed by atoms with Crippen LogP contribution in [0, 0.1) is 0 Å². The molecule has 24 heavy (non-hydrogen) atoms. The standard InChI is InChI=1S/C18H16N2O4/c21-16(13-7-2-1-3-8-13)19-24-12-6-11-20-17(22)14-9-4-5-10-15(14)18(20)23/h1-5,7-10H,6,11-12H2,(H,19,21). The number of hydrogen-bond acceptors (Lipinski definition) is 4. The van der Waals surface area contributed by atoms with Crippen LogP contribution in [0.2, 0.25) is 0 Å². The molecule has 6 nitrogen and oxygen atoms in total. The van der Waals surface area contributed by atoms with Crippen LogP contribution in [-0.4, -0.2) is 35.8 Å². The van der Waals surface area contributed by atoms with Crippen molar-refractivity contribution < 1.29 is 19.2 Å². The topological polar surface area (TPSA) is 75.7 Å². The largest absolute Gasteiger partial charge is 0.274 e. The Morgan fingerprint density at radius 2 is 1.50 bits per heavy atom. The third kappa shape index (κ3) is 3.18. The molecule has 0 radical (unpaired) electrons. The summed E-state index contributed by atoms with van der Waals surface area (Å²) >= 11 is 0. The number of nitrogens with one attached hydrogen (secondary N) is 1.